The topological polar surface area (TPSA) is 105 Å². The van der Waals surface area contributed by atoms with Gasteiger partial charge in [-0.2, -0.15) is 4.98 Å². The van der Waals surface area contributed by atoms with Crippen molar-refractivity contribution in [1.29, 1.82) is 0 Å². The monoisotopic (exact) mass is 410 g/mol. The number of nitrogens with one attached hydrogen (secondary N) is 1. The van der Waals surface area contributed by atoms with Gasteiger partial charge in [-0.05, 0) is 26.2 Å². The van der Waals surface area contributed by atoms with Crippen LogP contribution in [0.3, 0.4) is 0 Å². The van der Waals surface area contributed by atoms with E-state index in [0.29, 0.717) is 19.1 Å². The van der Waals surface area contributed by atoms with Gasteiger partial charge in [0.15, 0.2) is 0 Å². The van der Waals surface area contributed by atoms with Gasteiger partial charge in [-0.3, -0.25) is 0 Å². The Kier molecular flexibility index (Phi) is 4.74. The molecule has 160 valence electrons. The van der Waals surface area contributed by atoms with Crippen LogP contribution >= 0.6 is 0 Å². The summed E-state index contributed by atoms with van der Waals surface area (Å²) >= 11 is 0. The molecule has 3 N–H and O–H groups in total. The minimum atomic E-state index is 0.0301. The Morgan fingerprint density at radius 1 is 1.20 bits per heavy atom. The summed E-state index contributed by atoms with van der Waals surface area (Å²) in [6, 6.07) is 0.227. The molecule has 0 radical (unpaired) electrons. The van der Waals surface area contributed by atoms with Gasteiger partial charge < -0.3 is 25.6 Å². The van der Waals surface area contributed by atoms with Gasteiger partial charge in [-0.15, -0.1) is 0 Å². The summed E-state index contributed by atoms with van der Waals surface area (Å²) in [5.41, 5.74) is 8.73. The molecule has 0 bridgehead atoms. The number of hydrogen-bond donors (Lipinski definition) is 2. The van der Waals surface area contributed by atoms with Crippen LogP contribution in [0.4, 0.5) is 17.7 Å². The van der Waals surface area contributed by atoms with E-state index in [9.17, 15) is 0 Å². The molecule has 0 amide bonds. The van der Waals surface area contributed by atoms with E-state index in [1.165, 1.54) is 5.56 Å². The zero-order valence-corrected chi connectivity index (χ0v) is 17.9. The van der Waals surface area contributed by atoms with Crippen LogP contribution in [-0.2, 0) is 11.2 Å². The Balaban J connectivity index is 1.64. The van der Waals surface area contributed by atoms with E-state index in [4.69, 9.17) is 20.4 Å². The maximum absolute atomic E-state index is 5.73. The molecule has 2 aromatic heterocycles. The second-order valence-electron chi connectivity index (χ2n) is 8.91. The number of nitrogens with zero attached hydrogens (tertiary/aromatic N) is 6. The number of hydrogen-bond acceptors (Lipinski definition) is 9. The van der Waals surface area contributed by atoms with E-state index >= 15 is 0 Å². The summed E-state index contributed by atoms with van der Waals surface area (Å²) in [5, 5.41) is 3.56. The maximum Gasteiger partial charge on any atom is 0.228 e. The van der Waals surface area contributed by atoms with Crippen LogP contribution in [0, 0.1) is 5.92 Å². The average molecular weight is 411 g/mol. The van der Waals surface area contributed by atoms with E-state index in [0.717, 1.165) is 55.6 Å². The predicted octanol–water partition coefficient (Wildman–Crippen LogP) is 1.10. The fraction of sp³-hybridized carbons (Fsp3) is 0.619. The Morgan fingerprint density at radius 2 is 2.00 bits per heavy atom. The Hall–Kier alpha value is -2.52. The molecule has 9 nitrogen and oxygen atoms in total. The number of aromatic nitrogens is 4. The number of nitrogens with two attached hydrogens (primary N) is 1. The van der Waals surface area contributed by atoms with Crippen molar-refractivity contribution in [3.05, 3.63) is 18.0 Å². The predicted molar refractivity (Wildman–Crippen MR) is 117 cm³/mol. The third kappa shape index (κ3) is 3.07. The SMILES string of the molecule is C[C@@H]1CNC[C@@]1(C)N1CCc2c(-c3cnc(N)nc3)nc(N3CCOC[C@@H]3C)nc21. The number of anilines is 3. The molecule has 3 aliphatic rings. The lowest BCUT2D eigenvalue weighted by Crippen LogP contribution is -2.51. The number of nitrogen functional groups attached to an aromatic ring is 1. The molecule has 5 rings (SSSR count). The van der Waals surface area contributed by atoms with Crippen molar-refractivity contribution in [2.24, 2.45) is 5.92 Å². The Bertz CT molecular complexity index is 935. The third-order valence-corrected chi connectivity index (χ3v) is 7.00. The van der Waals surface area contributed by atoms with E-state index in [-0.39, 0.29) is 17.5 Å². The highest BCUT2D eigenvalue weighted by Gasteiger charge is 2.45. The fourth-order valence-corrected chi connectivity index (χ4v) is 4.89. The van der Waals surface area contributed by atoms with Gasteiger partial charge in [0.05, 0.1) is 30.5 Å². The van der Waals surface area contributed by atoms with Gasteiger partial charge in [0.2, 0.25) is 11.9 Å². The first kappa shape index (κ1) is 19.4. The molecule has 0 aromatic carbocycles. The normalized spacial score (nSPS) is 28.8. The summed E-state index contributed by atoms with van der Waals surface area (Å²) in [6.45, 7) is 11.9. The van der Waals surface area contributed by atoms with Crippen LogP contribution in [0.2, 0.25) is 0 Å². The summed E-state index contributed by atoms with van der Waals surface area (Å²) in [7, 11) is 0. The van der Waals surface area contributed by atoms with Gasteiger partial charge in [-0.25, -0.2) is 15.0 Å². The first-order valence-corrected chi connectivity index (χ1v) is 10.8. The second kappa shape index (κ2) is 7.31. The minimum absolute atomic E-state index is 0.0301. The van der Waals surface area contributed by atoms with E-state index in [2.05, 4.69) is 45.9 Å². The van der Waals surface area contributed by atoms with Crippen LogP contribution in [0.5, 0.6) is 0 Å². The fourth-order valence-electron chi connectivity index (χ4n) is 4.89. The summed E-state index contributed by atoms with van der Waals surface area (Å²) < 4.78 is 5.64. The van der Waals surface area contributed by atoms with Crippen molar-refractivity contribution in [2.45, 2.75) is 38.8 Å². The molecule has 3 aliphatic heterocycles. The van der Waals surface area contributed by atoms with Gasteiger partial charge in [-0.1, -0.05) is 6.92 Å². The molecule has 0 aliphatic carbocycles. The third-order valence-electron chi connectivity index (χ3n) is 7.00. The van der Waals surface area contributed by atoms with Gasteiger partial charge in [0.25, 0.3) is 0 Å². The van der Waals surface area contributed by atoms with Crippen molar-refractivity contribution >= 4 is 17.7 Å². The molecule has 3 atom stereocenters. The van der Waals surface area contributed by atoms with Crippen LogP contribution in [0.25, 0.3) is 11.3 Å². The van der Waals surface area contributed by atoms with E-state index in [1.54, 1.807) is 12.4 Å². The van der Waals surface area contributed by atoms with Gasteiger partial charge >= 0.3 is 0 Å². The molecular formula is C21H30N8O. The highest BCUT2D eigenvalue weighted by molar-refractivity contribution is 5.73. The van der Waals surface area contributed by atoms with Crippen LogP contribution < -0.4 is 20.9 Å². The molecule has 2 fully saturated rings. The molecule has 30 heavy (non-hydrogen) atoms. The second-order valence-corrected chi connectivity index (χ2v) is 8.91. The van der Waals surface area contributed by atoms with Gasteiger partial charge in [0.1, 0.15) is 5.82 Å². The van der Waals surface area contributed by atoms with Crippen LogP contribution in [-0.4, -0.2) is 70.9 Å². The number of ether oxygens (including phenoxy) is 1. The van der Waals surface area contributed by atoms with Crippen molar-refractivity contribution in [3.8, 4) is 11.3 Å². The molecule has 0 spiro atoms. The summed E-state index contributed by atoms with van der Waals surface area (Å²) in [5.74, 6) is 2.60. The van der Waals surface area contributed by atoms with Crippen molar-refractivity contribution < 1.29 is 4.74 Å². The zero-order chi connectivity index (χ0) is 20.9. The molecule has 0 unspecified atom stereocenters. The van der Waals surface area contributed by atoms with Crippen molar-refractivity contribution in [2.75, 3.05) is 54.9 Å². The highest BCUT2D eigenvalue weighted by Crippen LogP contribution is 2.41. The summed E-state index contributed by atoms with van der Waals surface area (Å²) in [6.07, 6.45) is 4.44. The first-order chi connectivity index (χ1) is 14.5. The lowest BCUT2D eigenvalue weighted by atomic mass is 9.89. The van der Waals surface area contributed by atoms with Crippen molar-refractivity contribution in [1.82, 2.24) is 25.3 Å². The smallest absolute Gasteiger partial charge is 0.228 e. The first-order valence-electron chi connectivity index (χ1n) is 10.8. The maximum atomic E-state index is 5.73. The zero-order valence-electron chi connectivity index (χ0n) is 17.9. The number of morpholine rings is 1. The van der Waals surface area contributed by atoms with Crippen LogP contribution in [0.15, 0.2) is 12.4 Å². The Labute approximate surface area is 177 Å². The van der Waals surface area contributed by atoms with Crippen LogP contribution in [0.1, 0.15) is 26.3 Å². The lowest BCUT2D eigenvalue weighted by Gasteiger charge is -2.40. The standard InChI is InChI=1S/C21H30N8O/c1-13-8-23-12-21(13,3)29-5-4-16-17(15-9-24-19(22)25-10-15)26-20(27-18(16)29)28-6-7-30-11-14(28)2/h9-10,13-14,23H,4-8,11-12H2,1-3H3,(H2,22,24,25)/t13-,14+,21-/m1/s1. The number of rotatable bonds is 3. The lowest BCUT2D eigenvalue weighted by molar-refractivity contribution is 0.0981. The van der Waals surface area contributed by atoms with Crippen molar-refractivity contribution in [3.63, 3.8) is 0 Å². The molecule has 5 heterocycles. The molecule has 0 saturated carbocycles. The van der Waals surface area contributed by atoms with E-state index in [1.807, 2.05) is 0 Å². The van der Waals surface area contributed by atoms with Gasteiger partial charge in [0, 0.05) is 49.7 Å². The molecule has 2 saturated heterocycles. The Morgan fingerprint density at radius 3 is 2.70 bits per heavy atom. The molecule has 2 aromatic rings. The van der Waals surface area contributed by atoms with E-state index < -0.39 is 0 Å². The summed E-state index contributed by atoms with van der Waals surface area (Å²) in [4.78, 5) is 23.3. The molecule has 9 heteroatoms. The number of fused-ring (bicyclic) bond motifs is 1. The average Bonchev–Trinajstić information content (AvgIpc) is 3.32. The minimum Gasteiger partial charge on any atom is -0.377 e. The largest absolute Gasteiger partial charge is 0.377 e. The quantitative estimate of drug-likeness (QED) is 0.769. The molecular weight excluding hydrogens is 380 g/mol. The highest BCUT2D eigenvalue weighted by atomic mass is 16.5.